The van der Waals surface area contributed by atoms with Crippen LogP contribution in [-0.2, 0) is 11.2 Å². The zero-order valence-corrected chi connectivity index (χ0v) is 13.4. The minimum Gasteiger partial charge on any atom is -0.490 e. The van der Waals surface area contributed by atoms with Crippen LogP contribution in [0.4, 0.5) is 4.39 Å². The van der Waals surface area contributed by atoms with Crippen LogP contribution in [0.2, 0.25) is 0 Å². The first-order valence-corrected chi connectivity index (χ1v) is 7.33. The fourth-order valence-corrected chi connectivity index (χ4v) is 1.69. The summed E-state index contributed by atoms with van der Waals surface area (Å²) < 4.78 is 18.4. The molecule has 0 heterocycles. The highest BCUT2D eigenvalue weighted by Gasteiger charge is 2.06. The molecule has 0 bridgehead atoms. The standard InChI is InChI=1S/C14H21FN2O2.C2H6/c1-10-5-12(3-4-17-11(2)18)7-14(6-10)19-9-13(15)8-16;1-2/h5-7,13H,3-4,8-9,16H2,1-2H3,(H,17,18);1-2H3/t13-;/m1./s1. The first-order chi connectivity index (χ1) is 10.0. The van der Waals surface area contributed by atoms with E-state index in [0.29, 0.717) is 18.7 Å². The van der Waals surface area contributed by atoms with Gasteiger partial charge in [0.2, 0.25) is 5.91 Å². The smallest absolute Gasteiger partial charge is 0.216 e. The molecule has 120 valence electrons. The average Bonchev–Trinajstić information content (AvgIpc) is 2.46. The van der Waals surface area contributed by atoms with Gasteiger partial charge in [-0.1, -0.05) is 19.9 Å². The molecule has 1 rings (SSSR count). The number of alkyl halides is 1. The van der Waals surface area contributed by atoms with Gasteiger partial charge in [-0.3, -0.25) is 4.79 Å². The fourth-order valence-electron chi connectivity index (χ4n) is 1.69. The Morgan fingerprint density at radius 2 is 2.05 bits per heavy atom. The number of ether oxygens (including phenoxy) is 1. The monoisotopic (exact) mass is 298 g/mol. The molecule has 0 aliphatic heterocycles. The van der Waals surface area contributed by atoms with E-state index in [2.05, 4.69) is 5.32 Å². The van der Waals surface area contributed by atoms with E-state index in [9.17, 15) is 9.18 Å². The summed E-state index contributed by atoms with van der Waals surface area (Å²) in [7, 11) is 0. The molecule has 1 aromatic rings. The van der Waals surface area contributed by atoms with Crippen LogP contribution in [0.1, 0.15) is 31.9 Å². The van der Waals surface area contributed by atoms with Crippen LogP contribution in [0.5, 0.6) is 5.75 Å². The molecule has 0 saturated heterocycles. The molecule has 21 heavy (non-hydrogen) atoms. The Morgan fingerprint density at radius 1 is 1.38 bits per heavy atom. The molecule has 3 N–H and O–H groups in total. The summed E-state index contributed by atoms with van der Waals surface area (Å²) in [6, 6.07) is 5.73. The van der Waals surface area contributed by atoms with Crippen molar-refractivity contribution in [2.45, 2.75) is 40.3 Å². The highest BCUT2D eigenvalue weighted by molar-refractivity contribution is 5.72. The molecule has 1 amide bonds. The van der Waals surface area contributed by atoms with Crippen molar-refractivity contribution in [3.8, 4) is 5.75 Å². The maximum absolute atomic E-state index is 13.0. The van der Waals surface area contributed by atoms with Gasteiger partial charge in [-0.05, 0) is 36.6 Å². The number of carbonyl (C=O) groups is 1. The molecule has 0 fully saturated rings. The van der Waals surface area contributed by atoms with Crippen LogP contribution in [0.3, 0.4) is 0 Å². The quantitative estimate of drug-likeness (QED) is 0.812. The summed E-state index contributed by atoms with van der Waals surface area (Å²) in [5, 5.41) is 2.74. The lowest BCUT2D eigenvalue weighted by atomic mass is 10.1. The maximum atomic E-state index is 13.0. The predicted molar refractivity (Wildman–Crippen MR) is 84.4 cm³/mol. The molecule has 0 aliphatic carbocycles. The zero-order valence-electron chi connectivity index (χ0n) is 13.4. The lowest BCUT2D eigenvalue weighted by molar-refractivity contribution is -0.118. The molecule has 1 atom stereocenters. The largest absolute Gasteiger partial charge is 0.490 e. The summed E-state index contributed by atoms with van der Waals surface area (Å²) in [5.41, 5.74) is 7.28. The molecule has 0 unspecified atom stereocenters. The lowest BCUT2D eigenvalue weighted by Gasteiger charge is -2.11. The van der Waals surface area contributed by atoms with Crippen molar-refractivity contribution in [1.82, 2.24) is 5.32 Å². The third-order valence-corrected chi connectivity index (χ3v) is 2.58. The van der Waals surface area contributed by atoms with Gasteiger partial charge < -0.3 is 15.8 Å². The highest BCUT2D eigenvalue weighted by Crippen LogP contribution is 2.17. The number of hydrogen-bond donors (Lipinski definition) is 2. The van der Waals surface area contributed by atoms with Crippen molar-refractivity contribution in [1.29, 1.82) is 0 Å². The van der Waals surface area contributed by atoms with Crippen LogP contribution in [0.15, 0.2) is 18.2 Å². The first-order valence-electron chi connectivity index (χ1n) is 7.33. The maximum Gasteiger partial charge on any atom is 0.216 e. The third kappa shape index (κ3) is 9.02. The molecular weight excluding hydrogens is 271 g/mol. The molecule has 0 saturated carbocycles. The van der Waals surface area contributed by atoms with Gasteiger partial charge in [-0.25, -0.2) is 4.39 Å². The van der Waals surface area contributed by atoms with Gasteiger partial charge in [-0.15, -0.1) is 0 Å². The number of amides is 1. The molecule has 0 aliphatic rings. The normalized spacial score (nSPS) is 11.1. The van der Waals surface area contributed by atoms with Crippen LogP contribution in [0, 0.1) is 6.92 Å². The fraction of sp³-hybridized carbons (Fsp3) is 0.562. The SMILES string of the molecule is CC.CC(=O)NCCc1cc(C)cc(OC[C@H](F)CN)c1. The number of nitrogens with two attached hydrogens (primary N) is 1. The molecule has 0 spiro atoms. The number of carbonyl (C=O) groups excluding carboxylic acids is 1. The molecule has 1 aromatic carbocycles. The average molecular weight is 298 g/mol. The van der Waals surface area contributed by atoms with E-state index in [4.69, 9.17) is 10.5 Å². The summed E-state index contributed by atoms with van der Waals surface area (Å²) in [5.74, 6) is 0.585. The Kier molecular flexibility index (Phi) is 10.2. The van der Waals surface area contributed by atoms with Crippen LogP contribution < -0.4 is 15.8 Å². The summed E-state index contributed by atoms with van der Waals surface area (Å²) >= 11 is 0. The number of rotatable bonds is 7. The van der Waals surface area contributed by atoms with E-state index in [-0.39, 0.29) is 19.1 Å². The van der Waals surface area contributed by atoms with Crippen LogP contribution >= 0.6 is 0 Å². The van der Waals surface area contributed by atoms with E-state index in [1.165, 1.54) is 6.92 Å². The van der Waals surface area contributed by atoms with Crippen molar-refractivity contribution in [2.24, 2.45) is 5.73 Å². The summed E-state index contributed by atoms with van der Waals surface area (Å²) in [6.07, 6.45) is -0.434. The van der Waals surface area contributed by atoms with E-state index < -0.39 is 6.17 Å². The van der Waals surface area contributed by atoms with Crippen molar-refractivity contribution < 1.29 is 13.9 Å². The molecule has 0 aromatic heterocycles. The highest BCUT2D eigenvalue weighted by atomic mass is 19.1. The second-order valence-corrected chi connectivity index (χ2v) is 4.53. The van der Waals surface area contributed by atoms with Gasteiger partial charge in [0.05, 0.1) is 0 Å². The minimum atomic E-state index is -1.15. The molecule has 4 nitrogen and oxygen atoms in total. The zero-order chi connectivity index (χ0) is 16.3. The van der Waals surface area contributed by atoms with Gasteiger partial charge in [0.15, 0.2) is 0 Å². The molecular formula is C16H27FN2O2. The number of nitrogens with one attached hydrogen (secondary N) is 1. The number of hydrogen-bond acceptors (Lipinski definition) is 3. The Balaban J connectivity index is 0.00000191. The first kappa shape index (κ1) is 19.4. The van der Waals surface area contributed by atoms with Crippen molar-refractivity contribution in [3.05, 3.63) is 29.3 Å². The topological polar surface area (TPSA) is 64.3 Å². The van der Waals surface area contributed by atoms with Gasteiger partial charge in [0.1, 0.15) is 18.5 Å². The number of benzene rings is 1. The van der Waals surface area contributed by atoms with E-state index in [1.807, 2.05) is 39.0 Å². The Labute approximate surface area is 126 Å². The summed E-state index contributed by atoms with van der Waals surface area (Å²) in [6.45, 7) is 7.93. The van der Waals surface area contributed by atoms with Crippen molar-refractivity contribution in [3.63, 3.8) is 0 Å². The minimum absolute atomic E-state index is 0.0366. The number of halogens is 1. The van der Waals surface area contributed by atoms with Gasteiger partial charge in [0, 0.05) is 20.0 Å². The van der Waals surface area contributed by atoms with E-state index in [0.717, 1.165) is 11.1 Å². The second-order valence-electron chi connectivity index (χ2n) is 4.53. The van der Waals surface area contributed by atoms with E-state index in [1.54, 1.807) is 0 Å². The van der Waals surface area contributed by atoms with E-state index >= 15 is 0 Å². The third-order valence-electron chi connectivity index (χ3n) is 2.58. The summed E-state index contributed by atoms with van der Waals surface area (Å²) in [4.78, 5) is 10.8. The second kappa shape index (κ2) is 11.1. The van der Waals surface area contributed by atoms with Crippen molar-refractivity contribution >= 4 is 5.91 Å². The Morgan fingerprint density at radius 3 is 2.62 bits per heavy atom. The van der Waals surface area contributed by atoms with Gasteiger partial charge in [-0.2, -0.15) is 0 Å². The Hall–Kier alpha value is -1.62. The van der Waals surface area contributed by atoms with Crippen LogP contribution in [-0.4, -0.2) is 31.8 Å². The Bertz CT molecular complexity index is 425. The van der Waals surface area contributed by atoms with Crippen molar-refractivity contribution in [2.75, 3.05) is 19.7 Å². The van der Waals surface area contributed by atoms with Gasteiger partial charge in [0.25, 0.3) is 0 Å². The predicted octanol–water partition coefficient (Wildman–Crippen LogP) is 2.38. The lowest BCUT2D eigenvalue weighted by Crippen LogP contribution is -2.23. The number of aryl methyl sites for hydroxylation is 1. The molecule has 0 radical (unpaired) electrons. The molecule has 5 heteroatoms. The van der Waals surface area contributed by atoms with Crippen LogP contribution in [0.25, 0.3) is 0 Å². The van der Waals surface area contributed by atoms with Gasteiger partial charge >= 0.3 is 0 Å².